The van der Waals surface area contributed by atoms with Crippen molar-refractivity contribution in [1.82, 2.24) is 0 Å². The molecule has 2 rings (SSSR count). The molecule has 0 N–H and O–H groups in total. The molecule has 0 radical (unpaired) electrons. The summed E-state index contributed by atoms with van der Waals surface area (Å²) < 4.78 is 5.08. The summed E-state index contributed by atoms with van der Waals surface area (Å²) >= 11 is 0. The van der Waals surface area contributed by atoms with E-state index in [-0.39, 0.29) is 5.41 Å². The van der Waals surface area contributed by atoms with Gasteiger partial charge in [-0.3, -0.25) is 0 Å². The lowest BCUT2D eigenvalue weighted by Crippen LogP contribution is -2.32. The highest BCUT2D eigenvalue weighted by Gasteiger charge is 2.38. The van der Waals surface area contributed by atoms with E-state index in [1.165, 1.54) is 6.42 Å². The van der Waals surface area contributed by atoms with E-state index in [1.54, 1.807) is 7.11 Å². The van der Waals surface area contributed by atoms with Gasteiger partial charge in [-0.1, -0.05) is 12.1 Å². The van der Waals surface area contributed by atoms with Gasteiger partial charge in [0.15, 0.2) is 0 Å². The molecule has 1 saturated carbocycles. The van der Waals surface area contributed by atoms with Crippen molar-refractivity contribution in [3.05, 3.63) is 29.8 Å². The van der Waals surface area contributed by atoms with Crippen molar-refractivity contribution in [3.8, 4) is 11.8 Å². The first-order valence-electron chi connectivity index (χ1n) is 4.86. The Hall–Kier alpha value is -1.49. The Bertz CT molecular complexity index is 357. The number of methoxy groups -OCH3 is 1. The van der Waals surface area contributed by atoms with E-state index >= 15 is 0 Å². The van der Waals surface area contributed by atoms with Crippen LogP contribution >= 0.6 is 0 Å². The lowest BCUT2D eigenvalue weighted by molar-refractivity contribution is 0.323. The zero-order valence-corrected chi connectivity index (χ0v) is 8.29. The standard InChI is InChI=1S/C12H13NO/c1-14-11-5-3-10(4-6-11)12(9-13)7-2-8-12/h3-6H,2,7-8H2,1H3. The molecule has 1 aromatic carbocycles. The smallest absolute Gasteiger partial charge is 0.118 e. The molecule has 2 heteroatoms. The van der Waals surface area contributed by atoms with Crippen LogP contribution in [0.5, 0.6) is 5.75 Å². The normalized spacial score (nSPS) is 18.0. The molecule has 0 amide bonds. The second kappa shape index (κ2) is 3.34. The number of benzene rings is 1. The molecular formula is C12H13NO. The molecule has 0 atom stereocenters. The van der Waals surface area contributed by atoms with Crippen LogP contribution in [0.25, 0.3) is 0 Å². The SMILES string of the molecule is COc1ccc(C2(C#N)CCC2)cc1. The van der Waals surface area contributed by atoms with Crippen molar-refractivity contribution < 1.29 is 4.74 Å². The largest absolute Gasteiger partial charge is 0.497 e. The maximum Gasteiger partial charge on any atom is 0.118 e. The second-order valence-electron chi connectivity index (χ2n) is 3.78. The fraction of sp³-hybridized carbons (Fsp3) is 0.417. The van der Waals surface area contributed by atoms with Gasteiger partial charge in [0.05, 0.1) is 18.6 Å². The molecule has 0 unspecified atom stereocenters. The van der Waals surface area contributed by atoms with Gasteiger partial charge in [0.2, 0.25) is 0 Å². The number of nitriles is 1. The van der Waals surface area contributed by atoms with Crippen LogP contribution in [0, 0.1) is 11.3 Å². The lowest BCUT2D eigenvalue weighted by atomic mass is 9.65. The third kappa shape index (κ3) is 1.26. The van der Waals surface area contributed by atoms with E-state index in [1.807, 2.05) is 24.3 Å². The maximum atomic E-state index is 9.14. The fourth-order valence-electron chi connectivity index (χ4n) is 1.91. The molecule has 0 aromatic heterocycles. The molecule has 72 valence electrons. The third-order valence-electron chi connectivity index (χ3n) is 3.06. The Morgan fingerprint density at radius 2 is 1.93 bits per heavy atom. The highest BCUT2D eigenvalue weighted by atomic mass is 16.5. The van der Waals surface area contributed by atoms with Gasteiger partial charge in [0, 0.05) is 0 Å². The first-order chi connectivity index (χ1) is 6.80. The lowest BCUT2D eigenvalue weighted by Gasteiger charge is -2.35. The van der Waals surface area contributed by atoms with Gasteiger partial charge in [0.1, 0.15) is 5.75 Å². The summed E-state index contributed by atoms with van der Waals surface area (Å²) in [5.74, 6) is 0.848. The van der Waals surface area contributed by atoms with Crippen LogP contribution < -0.4 is 4.74 Å². The van der Waals surface area contributed by atoms with E-state index in [2.05, 4.69) is 6.07 Å². The molecule has 0 bridgehead atoms. The summed E-state index contributed by atoms with van der Waals surface area (Å²) in [6.07, 6.45) is 3.16. The summed E-state index contributed by atoms with van der Waals surface area (Å²) in [6.45, 7) is 0. The Morgan fingerprint density at radius 1 is 1.29 bits per heavy atom. The fourth-order valence-corrected chi connectivity index (χ4v) is 1.91. The quantitative estimate of drug-likeness (QED) is 0.713. The molecular weight excluding hydrogens is 174 g/mol. The summed E-state index contributed by atoms with van der Waals surface area (Å²) in [5, 5.41) is 9.14. The minimum atomic E-state index is -0.202. The molecule has 1 aromatic rings. The van der Waals surface area contributed by atoms with Gasteiger partial charge in [-0.2, -0.15) is 5.26 Å². The Balaban J connectivity index is 2.29. The second-order valence-corrected chi connectivity index (χ2v) is 3.78. The van der Waals surface area contributed by atoms with Gasteiger partial charge in [-0.25, -0.2) is 0 Å². The first kappa shape index (κ1) is 9.08. The maximum absolute atomic E-state index is 9.14. The van der Waals surface area contributed by atoms with E-state index in [0.717, 1.165) is 24.2 Å². The van der Waals surface area contributed by atoms with Gasteiger partial charge >= 0.3 is 0 Å². The number of hydrogen-bond donors (Lipinski definition) is 0. The zero-order chi connectivity index (χ0) is 10.0. The van der Waals surface area contributed by atoms with Gasteiger partial charge in [0.25, 0.3) is 0 Å². The summed E-state index contributed by atoms with van der Waals surface area (Å²) in [7, 11) is 1.65. The average Bonchev–Trinajstić information content (AvgIpc) is 2.18. The van der Waals surface area contributed by atoms with Gasteiger partial charge < -0.3 is 4.74 Å². The number of nitrogens with zero attached hydrogens (tertiary/aromatic N) is 1. The van der Waals surface area contributed by atoms with Gasteiger partial charge in [-0.05, 0) is 37.0 Å². The van der Waals surface area contributed by atoms with Crippen LogP contribution in [0.1, 0.15) is 24.8 Å². The van der Waals surface area contributed by atoms with Crippen molar-refractivity contribution in [1.29, 1.82) is 5.26 Å². The topological polar surface area (TPSA) is 33.0 Å². The van der Waals surface area contributed by atoms with Crippen molar-refractivity contribution in [3.63, 3.8) is 0 Å². The van der Waals surface area contributed by atoms with E-state index in [9.17, 15) is 0 Å². The predicted molar refractivity (Wildman–Crippen MR) is 54.1 cm³/mol. The van der Waals surface area contributed by atoms with Crippen LogP contribution in [0.2, 0.25) is 0 Å². The van der Waals surface area contributed by atoms with Crippen LogP contribution in [0.15, 0.2) is 24.3 Å². The third-order valence-corrected chi connectivity index (χ3v) is 3.06. The minimum Gasteiger partial charge on any atom is -0.497 e. The highest BCUT2D eigenvalue weighted by Crippen LogP contribution is 2.43. The Kier molecular flexibility index (Phi) is 2.17. The first-order valence-corrected chi connectivity index (χ1v) is 4.86. The molecule has 1 fully saturated rings. The van der Waals surface area contributed by atoms with Crippen LogP contribution in [0.3, 0.4) is 0 Å². The van der Waals surface area contributed by atoms with Crippen LogP contribution in [-0.2, 0) is 5.41 Å². The molecule has 1 aliphatic carbocycles. The monoisotopic (exact) mass is 187 g/mol. The van der Waals surface area contributed by atoms with Crippen molar-refractivity contribution in [2.24, 2.45) is 0 Å². The molecule has 0 saturated heterocycles. The van der Waals surface area contributed by atoms with Crippen LogP contribution in [0.4, 0.5) is 0 Å². The van der Waals surface area contributed by atoms with Crippen molar-refractivity contribution >= 4 is 0 Å². The number of hydrogen-bond acceptors (Lipinski definition) is 2. The molecule has 14 heavy (non-hydrogen) atoms. The Morgan fingerprint density at radius 3 is 2.29 bits per heavy atom. The summed E-state index contributed by atoms with van der Waals surface area (Å²) in [5.41, 5.74) is 0.929. The molecule has 1 aliphatic rings. The number of rotatable bonds is 2. The van der Waals surface area contributed by atoms with E-state index in [0.29, 0.717) is 0 Å². The van der Waals surface area contributed by atoms with Crippen LogP contribution in [-0.4, -0.2) is 7.11 Å². The van der Waals surface area contributed by atoms with Gasteiger partial charge in [-0.15, -0.1) is 0 Å². The average molecular weight is 187 g/mol. The molecule has 0 heterocycles. The summed E-state index contributed by atoms with van der Waals surface area (Å²) in [4.78, 5) is 0. The van der Waals surface area contributed by atoms with Crippen molar-refractivity contribution in [2.45, 2.75) is 24.7 Å². The summed E-state index contributed by atoms with van der Waals surface area (Å²) in [6, 6.07) is 10.3. The Labute approximate surface area is 84.1 Å². The molecule has 0 spiro atoms. The molecule has 2 nitrogen and oxygen atoms in total. The predicted octanol–water partition coefficient (Wildman–Crippen LogP) is 2.64. The molecule has 0 aliphatic heterocycles. The van der Waals surface area contributed by atoms with E-state index in [4.69, 9.17) is 10.00 Å². The number of ether oxygens (including phenoxy) is 1. The van der Waals surface area contributed by atoms with Crippen molar-refractivity contribution in [2.75, 3.05) is 7.11 Å². The minimum absolute atomic E-state index is 0.202. The zero-order valence-electron chi connectivity index (χ0n) is 8.29. The highest BCUT2D eigenvalue weighted by molar-refractivity contribution is 5.38. The van der Waals surface area contributed by atoms with E-state index < -0.39 is 0 Å².